The Hall–Kier alpha value is -2.60. The molecule has 0 unspecified atom stereocenters. The zero-order valence-corrected chi connectivity index (χ0v) is 9.04. The van der Waals surface area contributed by atoms with Crippen LogP contribution in [0.4, 0.5) is 0 Å². The van der Waals surface area contributed by atoms with Crippen LogP contribution in [0.25, 0.3) is 5.65 Å². The molecule has 0 saturated heterocycles. The predicted molar refractivity (Wildman–Crippen MR) is 65.4 cm³/mol. The molecule has 0 N–H and O–H groups in total. The van der Waals surface area contributed by atoms with Gasteiger partial charge >= 0.3 is 0 Å². The molecule has 3 heteroatoms. The predicted octanol–water partition coefficient (Wildman–Crippen LogP) is 2.13. The molecular weight excluding hydrogens is 210 g/mol. The van der Waals surface area contributed by atoms with Crippen LogP contribution < -0.4 is 0 Å². The highest BCUT2D eigenvalue weighted by Crippen LogP contribution is 2.02. The monoisotopic (exact) mass is 219 g/mol. The van der Waals surface area contributed by atoms with E-state index in [1.54, 1.807) is 16.9 Å². The van der Waals surface area contributed by atoms with E-state index in [-0.39, 0.29) is 0 Å². The van der Waals surface area contributed by atoms with Crippen molar-refractivity contribution in [1.29, 1.82) is 0 Å². The van der Waals surface area contributed by atoms with Gasteiger partial charge in [0.15, 0.2) is 5.65 Å². The molecule has 0 saturated carbocycles. The van der Waals surface area contributed by atoms with E-state index in [2.05, 4.69) is 21.9 Å². The first-order valence-corrected chi connectivity index (χ1v) is 5.29. The van der Waals surface area contributed by atoms with E-state index >= 15 is 0 Å². The molecule has 0 amide bonds. The summed E-state index contributed by atoms with van der Waals surface area (Å²) in [4.78, 5) is 4.23. The third kappa shape index (κ3) is 1.88. The Bertz CT molecular complexity index is 702. The topological polar surface area (TPSA) is 30.2 Å². The molecule has 0 fully saturated rings. The van der Waals surface area contributed by atoms with E-state index in [0.717, 1.165) is 16.9 Å². The van der Waals surface area contributed by atoms with Gasteiger partial charge in [0.05, 0.1) is 6.20 Å². The summed E-state index contributed by atoms with van der Waals surface area (Å²) in [5, 5.41) is 4.21. The number of nitrogens with zero attached hydrogens (tertiary/aromatic N) is 3. The lowest BCUT2D eigenvalue weighted by atomic mass is 10.2. The van der Waals surface area contributed by atoms with Gasteiger partial charge in [0.2, 0.25) is 0 Å². The molecular formula is C14H9N3. The second-order valence-electron chi connectivity index (χ2n) is 3.55. The van der Waals surface area contributed by atoms with Crippen molar-refractivity contribution in [2.24, 2.45) is 0 Å². The lowest BCUT2D eigenvalue weighted by Gasteiger charge is -1.91. The molecule has 17 heavy (non-hydrogen) atoms. The average molecular weight is 219 g/mol. The zero-order chi connectivity index (χ0) is 11.5. The SMILES string of the molecule is C(#Cc1cnc2cccnn12)c1ccccc1. The number of hydrogen-bond acceptors (Lipinski definition) is 2. The molecule has 0 radical (unpaired) electrons. The lowest BCUT2D eigenvalue weighted by molar-refractivity contribution is 0.923. The fourth-order valence-electron chi connectivity index (χ4n) is 1.57. The third-order valence-corrected chi connectivity index (χ3v) is 2.39. The summed E-state index contributed by atoms with van der Waals surface area (Å²) in [7, 11) is 0. The molecule has 0 aliphatic rings. The number of hydrogen-bond donors (Lipinski definition) is 0. The van der Waals surface area contributed by atoms with Gasteiger partial charge in [-0.2, -0.15) is 5.10 Å². The van der Waals surface area contributed by atoms with Gasteiger partial charge in [0.25, 0.3) is 0 Å². The van der Waals surface area contributed by atoms with Crippen LogP contribution >= 0.6 is 0 Å². The number of fused-ring (bicyclic) bond motifs is 1. The fraction of sp³-hybridized carbons (Fsp3) is 0. The normalized spacial score (nSPS) is 9.88. The Labute approximate surface area is 98.7 Å². The minimum Gasteiger partial charge on any atom is -0.234 e. The van der Waals surface area contributed by atoms with E-state index in [0.29, 0.717) is 0 Å². The quantitative estimate of drug-likeness (QED) is 0.542. The second-order valence-corrected chi connectivity index (χ2v) is 3.55. The summed E-state index contributed by atoms with van der Waals surface area (Å²) < 4.78 is 1.73. The maximum Gasteiger partial charge on any atom is 0.154 e. The Morgan fingerprint density at radius 3 is 2.71 bits per heavy atom. The molecule has 3 aromatic rings. The Morgan fingerprint density at radius 2 is 1.82 bits per heavy atom. The molecule has 0 spiro atoms. The standard InChI is InChI=1S/C14H9N3/c1-2-5-12(6-3-1)8-9-13-11-15-14-7-4-10-16-17(13)14/h1-7,10-11H. The van der Waals surface area contributed by atoms with Crippen molar-refractivity contribution < 1.29 is 0 Å². The lowest BCUT2D eigenvalue weighted by Crippen LogP contribution is -1.92. The summed E-state index contributed by atoms with van der Waals surface area (Å²) in [5.74, 6) is 6.16. The van der Waals surface area contributed by atoms with Gasteiger partial charge in [0, 0.05) is 11.8 Å². The van der Waals surface area contributed by atoms with Crippen molar-refractivity contribution in [3.05, 3.63) is 66.1 Å². The van der Waals surface area contributed by atoms with E-state index < -0.39 is 0 Å². The molecule has 0 bridgehead atoms. The molecule has 80 valence electrons. The van der Waals surface area contributed by atoms with Gasteiger partial charge in [-0.15, -0.1) is 0 Å². The van der Waals surface area contributed by atoms with Gasteiger partial charge < -0.3 is 0 Å². The van der Waals surface area contributed by atoms with Crippen LogP contribution in [-0.2, 0) is 0 Å². The van der Waals surface area contributed by atoms with Gasteiger partial charge in [-0.3, -0.25) is 0 Å². The third-order valence-electron chi connectivity index (χ3n) is 2.39. The minimum atomic E-state index is 0.796. The summed E-state index contributed by atoms with van der Waals surface area (Å²) in [5.41, 5.74) is 2.59. The number of aromatic nitrogens is 3. The Morgan fingerprint density at radius 1 is 0.941 bits per heavy atom. The summed E-state index contributed by atoms with van der Waals surface area (Å²) in [6.07, 6.45) is 3.46. The summed E-state index contributed by atoms with van der Waals surface area (Å²) >= 11 is 0. The van der Waals surface area contributed by atoms with Crippen molar-refractivity contribution in [2.75, 3.05) is 0 Å². The van der Waals surface area contributed by atoms with E-state index in [4.69, 9.17) is 0 Å². The molecule has 1 aromatic carbocycles. The first-order chi connectivity index (χ1) is 8.43. The van der Waals surface area contributed by atoms with Crippen molar-refractivity contribution in [2.45, 2.75) is 0 Å². The summed E-state index contributed by atoms with van der Waals surface area (Å²) in [6, 6.07) is 13.6. The number of imidazole rings is 1. The highest BCUT2D eigenvalue weighted by molar-refractivity contribution is 5.45. The highest BCUT2D eigenvalue weighted by Gasteiger charge is 1.98. The highest BCUT2D eigenvalue weighted by atomic mass is 15.2. The van der Waals surface area contributed by atoms with E-state index in [1.165, 1.54) is 0 Å². The Balaban J connectivity index is 2.04. The first-order valence-electron chi connectivity index (χ1n) is 5.29. The van der Waals surface area contributed by atoms with Crippen molar-refractivity contribution in [3.8, 4) is 11.8 Å². The van der Waals surface area contributed by atoms with Crippen molar-refractivity contribution >= 4 is 5.65 Å². The summed E-state index contributed by atoms with van der Waals surface area (Å²) in [6.45, 7) is 0. The van der Waals surface area contributed by atoms with Gasteiger partial charge in [-0.05, 0) is 30.2 Å². The molecule has 0 aliphatic carbocycles. The zero-order valence-electron chi connectivity index (χ0n) is 9.04. The maximum atomic E-state index is 4.23. The fourth-order valence-corrected chi connectivity index (χ4v) is 1.57. The first kappa shape index (κ1) is 9.61. The molecule has 3 rings (SSSR count). The maximum absolute atomic E-state index is 4.23. The second kappa shape index (κ2) is 4.11. The molecule has 2 aromatic heterocycles. The molecule has 0 atom stereocenters. The largest absolute Gasteiger partial charge is 0.234 e. The average Bonchev–Trinajstić information content (AvgIpc) is 2.81. The smallest absolute Gasteiger partial charge is 0.154 e. The van der Waals surface area contributed by atoms with Crippen LogP contribution in [0.5, 0.6) is 0 Å². The van der Waals surface area contributed by atoms with Crippen molar-refractivity contribution in [1.82, 2.24) is 14.6 Å². The number of benzene rings is 1. The van der Waals surface area contributed by atoms with Crippen LogP contribution in [0, 0.1) is 11.8 Å². The number of rotatable bonds is 0. The van der Waals surface area contributed by atoms with Crippen LogP contribution in [0.3, 0.4) is 0 Å². The van der Waals surface area contributed by atoms with Crippen molar-refractivity contribution in [3.63, 3.8) is 0 Å². The van der Waals surface area contributed by atoms with Crippen LogP contribution in [0.2, 0.25) is 0 Å². The molecule has 2 heterocycles. The molecule has 0 aliphatic heterocycles. The Kier molecular flexibility index (Phi) is 2.32. The van der Waals surface area contributed by atoms with Gasteiger partial charge in [-0.1, -0.05) is 24.1 Å². The van der Waals surface area contributed by atoms with E-state index in [1.807, 2.05) is 42.5 Å². The van der Waals surface area contributed by atoms with Gasteiger partial charge in [0.1, 0.15) is 5.69 Å². The van der Waals surface area contributed by atoms with E-state index in [9.17, 15) is 0 Å². The van der Waals surface area contributed by atoms with Crippen LogP contribution in [-0.4, -0.2) is 14.6 Å². The van der Waals surface area contributed by atoms with Crippen LogP contribution in [0.1, 0.15) is 11.3 Å². The van der Waals surface area contributed by atoms with Crippen LogP contribution in [0.15, 0.2) is 54.9 Å². The van der Waals surface area contributed by atoms with Gasteiger partial charge in [-0.25, -0.2) is 9.50 Å². The molecule has 3 nitrogen and oxygen atoms in total. The minimum absolute atomic E-state index is 0.796.